The monoisotopic (exact) mass is 335 g/mol. The Morgan fingerprint density at radius 3 is 2.56 bits per heavy atom. The fourth-order valence-corrected chi connectivity index (χ4v) is 3.24. The summed E-state index contributed by atoms with van der Waals surface area (Å²) < 4.78 is 8.04. The van der Waals surface area contributed by atoms with Crippen LogP contribution in [0.25, 0.3) is 10.9 Å². The van der Waals surface area contributed by atoms with Crippen LogP contribution in [0.4, 0.5) is 0 Å². The first-order valence-electron chi connectivity index (χ1n) is 8.91. The molecule has 2 aromatic carbocycles. The van der Waals surface area contributed by atoms with Gasteiger partial charge in [-0.2, -0.15) is 0 Å². The molecule has 0 saturated carbocycles. The van der Waals surface area contributed by atoms with Crippen LogP contribution < -0.4 is 4.74 Å². The molecule has 0 unspecified atom stereocenters. The third kappa shape index (κ3) is 3.76. The Morgan fingerprint density at radius 1 is 1.12 bits per heavy atom. The van der Waals surface area contributed by atoms with E-state index in [9.17, 15) is 4.79 Å². The second-order valence-electron chi connectivity index (χ2n) is 6.47. The van der Waals surface area contributed by atoms with E-state index in [4.69, 9.17) is 4.74 Å². The number of rotatable bonds is 7. The SMILES string of the molecule is CCc1cccc2c(C(C)=O)cn(CCCOc3ccc(C)cc3)c12. The van der Waals surface area contributed by atoms with Crippen molar-refractivity contribution in [1.82, 2.24) is 4.57 Å². The van der Waals surface area contributed by atoms with Crippen molar-refractivity contribution in [3.63, 3.8) is 0 Å². The number of nitrogens with zero attached hydrogens (tertiary/aromatic N) is 1. The van der Waals surface area contributed by atoms with Crippen molar-refractivity contribution in [3.8, 4) is 5.75 Å². The van der Waals surface area contributed by atoms with Crippen LogP contribution in [0.5, 0.6) is 5.75 Å². The minimum absolute atomic E-state index is 0.118. The molecule has 0 bridgehead atoms. The molecule has 0 atom stereocenters. The van der Waals surface area contributed by atoms with Crippen molar-refractivity contribution in [3.05, 3.63) is 65.4 Å². The molecule has 1 heterocycles. The Bertz CT molecular complexity index is 875. The molecule has 0 aliphatic heterocycles. The van der Waals surface area contributed by atoms with E-state index < -0.39 is 0 Å². The van der Waals surface area contributed by atoms with Gasteiger partial charge in [-0.05, 0) is 44.4 Å². The van der Waals surface area contributed by atoms with Gasteiger partial charge in [-0.15, -0.1) is 0 Å². The molecule has 25 heavy (non-hydrogen) atoms. The second-order valence-corrected chi connectivity index (χ2v) is 6.47. The first kappa shape index (κ1) is 17.3. The fourth-order valence-electron chi connectivity index (χ4n) is 3.24. The fraction of sp³-hybridized carbons (Fsp3) is 0.318. The molecule has 0 N–H and O–H groups in total. The smallest absolute Gasteiger partial charge is 0.161 e. The minimum Gasteiger partial charge on any atom is -0.494 e. The average Bonchev–Trinajstić information content (AvgIpc) is 2.99. The Kier molecular flexibility index (Phi) is 5.22. The number of carbonyl (C=O) groups excluding carboxylic acids is 1. The maximum atomic E-state index is 12.0. The van der Waals surface area contributed by atoms with Crippen molar-refractivity contribution in [2.45, 2.75) is 40.2 Å². The number of ketones is 1. The van der Waals surface area contributed by atoms with Gasteiger partial charge in [0.25, 0.3) is 0 Å². The third-order valence-corrected chi connectivity index (χ3v) is 4.58. The Balaban J connectivity index is 1.74. The van der Waals surface area contributed by atoms with E-state index in [-0.39, 0.29) is 5.78 Å². The lowest BCUT2D eigenvalue weighted by Crippen LogP contribution is -2.04. The van der Waals surface area contributed by atoms with Crippen LogP contribution in [0.1, 0.15) is 41.8 Å². The Morgan fingerprint density at radius 2 is 1.88 bits per heavy atom. The molecule has 0 amide bonds. The highest BCUT2D eigenvalue weighted by Crippen LogP contribution is 2.26. The number of fused-ring (bicyclic) bond motifs is 1. The topological polar surface area (TPSA) is 31.2 Å². The molecule has 130 valence electrons. The van der Waals surface area contributed by atoms with E-state index in [2.05, 4.69) is 36.6 Å². The standard InChI is InChI=1S/C22H25NO2/c1-4-18-7-5-8-20-21(17(3)24)15-23(22(18)20)13-6-14-25-19-11-9-16(2)10-12-19/h5,7-12,15H,4,6,13-14H2,1-3H3. The van der Waals surface area contributed by atoms with Gasteiger partial charge < -0.3 is 9.30 Å². The van der Waals surface area contributed by atoms with Crippen LogP contribution in [0, 0.1) is 6.92 Å². The zero-order valence-corrected chi connectivity index (χ0v) is 15.2. The zero-order chi connectivity index (χ0) is 17.8. The quantitative estimate of drug-likeness (QED) is 0.440. The predicted octanol–water partition coefficient (Wildman–Crippen LogP) is 5.18. The Hall–Kier alpha value is -2.55. The second kappa shape index (κ2) is 7.56. The maximum Gasteiger partial charge on any atom is 0.161 e. The van der Waals surface area contributed by atoms with Gasteiger partial charge in [0.2, 0.25) is 0 Å². The van der Waals surface area contributed by atoms with Crippen LogP contribution in [-0.2, 0) is 13.0 Å². The van der Waals surface area contributed by atoms with Gasteiger partial charge in [0.05, 0.1) is 12.1 Å². The summed E-state index contributed by atoms with van der Waals surface area (Å²) in [5, 5.41) is 1.06. The van der Waals surface area contributed by atoms with Crippen molar-refractivity contribution in [1.29, 1.82) is 0 Å². The molecule has 0 aliphatic carbocycles. The summed E-state index contributed by atoms with van der Waals surface area (Å²) in [6.45, 7) is 7.36. The number of aromatic nitrogens is 1. The van der Waals surface area contributed by atoms with E-state index in [1.54, 1.807) is 6.92 Å². The summed E-state index contributed by atoms with van der Waals surface area (Å²) in [6, 6.07) is 14.4. The number of Topliss-reactive ketones (excluding diaryl/α,β-unsaturated/α-hetero) is 1. The molecule has 3 heteroatoms. The first-order valence-corrected chi connectivity index (χ1v) is 8.91. The summed E-state index contributed by atoms with van der Waals surface area (Å²) in [6.07, 6.45) is 3.85. The number of hydrogen-bond acceptors (Lipinski definition) is 2. The largest absolute Gasteiger partial charge is 0.494 e. The van der Waals surface area contributed by atoms with Crippen molar-refractivity contribution >= 4 is 16.7 Å². The number of ether oxygens (including phenoxy) is 1. The third-order valence-electron chi connectivity index (χ3n) is 4.58. The van der Waals surface area contributed by atoms with E-state index in [0.717, 1.165) is 36.1 Å². The molecule has 3 rings (SSSR count). The van der Waals surface area contributed by atoms with Crippen molar-refractivity contribution in [2.24, 2.45) is 0 Å². The summed E-state index contributed by atoms with van der Waals surface area (Å²) in [5.74, 6) is 1.02. The van der Waals surface area contributed by atoms with Gasteiger partial charge in [0.1, 0.15) is 5.75 Å². The normalized spacial score (nSPS) is 11.0. The van der Waals surface area contributed by atoms with Crippen molar-refractivity contribution < 1.29 is 9.53 Å². The lowest BCUT2D eigenvalue weighted by molar-refractivity contribution is 0.101. The van der Waals surface area contributed by atoms with Crippen LogP contribution in [0.2, 0.25) is 0 Å². The van der Waals surface area contributed by atoms with Crippen LogP contribution >= 0.6 is 0 Å². The number of carbonyl (C=O) groups is 1. The molecule has 0 saturated heterocycles. The van der Waals surface area contributed by atoms with E-state index >= 15 is 0 Å². The number of para-hydroxylation sites is 1. The molecule has 0 fully saturated rings. The van der Waals surface area contributed by atoms with Gasteiger partial charge in [-0.25, -0.2) is 0 Å². The number of aryl methyl sites for hydroxylation is 3. The number of benzene rings is 2. The lowest BCUT2D eigenvalue weighted by Gasteiger charge is -2.10. The van der Waals surface area contributed by atoms with E-state index in [1.165, 1.54) is 16.6 Å². The molecule has 0 radical (unpaired) electrons. The summed E-state index contributed by atoms with van der Waals surface area (Å²) in [4.78, 5) is 12.0. The molecular weight excluding hydrogens is 310 g/mol. The first-order chi connectivity index (χ1) is 12.1. The van der Waals surface area contributed by atoms with E-state index in [1.807, 2.05) is 30.5 Å². The van der Waals surface area contributed by atoms with Crippen molar-refractivity contribution in [2.75, 3.05) is 6.61 Å². The van der Waals surface area contributed by atoms with Gasteiger partial charge in [0.15, 0.2) is 5.78 Å². The van der Waals surface area contributed by atoms with E-state index in [0.29, 0.717) is 6.61 Å². The molecule has 0 spiro atoms. The van der Waals surface area contributed by atoms with Gasteiger partial charge in [-0.3, -0.25) is 4.79 Å². The van der Waals surface area contributed by atoms with Crippen LogP contribution in [0.3, 0.4) is 0 Å². The Labute approximate surface area is 149 Å². The molecule has 0 aliphatic rings. The van der Waals surface area contributed by atoms with Gasteiger partial charge in [0, 0.05) is 23.7 Å². The molecule has 3 nitrogen and oxygen atoms in total. The van der Waals surface area contributed by atoms with Crippen LogP contribution in [-0.4, -0.2) is 17.0 Å². The molecule has 3 aromatic rings. The van der Waals surface area contributed by atoms with Crippen LogP contribution in [0.15, 0.2) is 48.7 Å². The van der Waals surface area contributed by atoms with Gasteiger partial charge >= 0.3 is 0 Å². The molecule has 1 aromatic heterocycles. The number of hydrogen-bond donors (Lipinski definition) is 0. The maximum absolute atomic E-state index is 12.0. The van der Waals surface area contributed by atoms with Gasteiger partial charge in [-0.1, -0.05) is 42.8 Å². The molecular formula is C22H25NO2. The highest BCUT2D eigenvalue weighted by atomic mass is 16.5. The average molecular weight is 335 g/mol. The minimum atomic E-state index is 0.118. The highest BCUT2D eigenvalue weighted by molar-refractivity contribution is 6.07. The predicted molar refractivity (Wildman–Crippen MR) is 103 cm³/mol. The summed E-state index contributed by atoms with van der Waals surface area (Å²) in [5.41, 5.74) is 4.51. The summed E-state index contributed by atoms with van der Waals surface area (Å²) in [7, 11) is 0. The highest BCUT2D eigenvalue weighted by Gasteiger charge is 2.14. The lowest BCUT2D eigenvalue weighted by atomic mass is 10.1. The summed E-state index contributed by atoms with van der Waals surface area (Å²) >= 11 is 0. The zero-order valence-electron chi connectivity index (χ0n) is 15.2.